The Morgan fingerprint density at radius 3 is 2.14 bits per heavy atom. The Morgan fingerprint density at radius 1 is 1.07 bits per heavy atom. The van der Waals surface area contributed by atoms with Crippen LogP contribution in [0.5, 0.6) is 0 Å². The highest BCUT2D eigenvalue weighted by molar-refractivity contribution is 5.81. The molecule has 0 unspecified atom stereocenters. The van der Waals surface area contributed by atoms with Crippen LogP contribution >= 0.6 is 0 Å². The van der Waals surface area contributed by atoms with Crippen LogP contribution in [0.3, 0.4) is 0 Å². The Bertz CT molecular complexity index is 214. The van der Waals surface area contributed by atoms with Gasteiger partial charge in [0.2, 0.25) is 5.91 Å². The third-order valence-corrected chi connectivity index (χ3v) is 3.81. The van der Waals surface area contributed by atoms with Crippen LogP contribution < -0.4 is 0 Å². The normalized spacial score (nSPS) is 32.7. The number of nitrogens with zero attached hydrogens (tertiary/aromatic N) is 1. The summed E-state index contributed by atoms with van der Waals surface area (Å²) < 4.78 is 0. The minimum atomic E-state index is 0.388. The summed E-state index contributed by atoms with van der Waals surface area (Å²) in [5, 5.41) is 0. The van der Waals surface area contributed by atoms with Crippen molar-refractivity contribution in [2.75, 3.05) is 7.05 Å². The van der Waals surface area contributed by atoms with Crippen molar-refractivity contribution in [1.29, 1.82) is 0 Å². The quantitative estimate of drug-likeness (QED) is 0.662. The topological polar surface area (TPSA) is 20.3 Å². The molecule has 2 fully saturated rings. The van der Waals surface area contributed by atoms with Gasteiger partial charge in [-0.25, -0.2) is 0 Å². The lowest BCUT2D eigenvalue weighted by molar-refractivity contribution is -0.134. The molecule has 1 amide bonds. The molecule has 2 nitrogen and oxygen atoms in total. The molecule has 0 spiro atoms. The number of carbonyl (C=O) groups excluding carboxylic acids is 1. The highest BCUT2D eigenvalue weighted by Gasteiger charge is 2.35. The highest BCUT2D eigenvalue weighted by atomic mass is 16.2. The van der Waals surface area contributed by atoms with Crippen LogP contribution in [0, 0.1) is 11.8 Å². The van der Waals surface area contributed by atoms with Gasteiger partial charge in [-0.15, -0.1) is 0 Å². The fraction of sp³-hybridized carbons (Fsp3) is 0.917. The number of carbonyl (C=O) groups is 1. The van der Waals surface area contributed by atoms with E-state index in [0.717, 1.165) is 18.8 Å². The van der Waals surface area contributed by atoms with Crippen molar-refractivity contribution in [3.63, 3.8) is 0 Å². The Hall–Kier alpha value is -0.530. The summed E-state index contributed by atoms with van der Waals surface area (Å²) in [5.74, 6) is 1.67. The molecule has 0 aromatic heterocycles. The average molecular weight is 195 g/mol. The number of hydrogen-bond donors (Lipinski definition) is 0. The van der Waals surface area contributed by atoms with Gasteiger partial charge in [0.05, 0.1) is 0 Å². The van der Waals surface area contributed by atoms with Crippen LogP contribution in [0.15, 0.2) is 0 Å². The van der Waals surface area contributed by atoms with E-state index in [0.29, 0.717) is 17.9 Å². The van der Waals surface area contributed by atoms with Gasteiger partial charge in [0.25, 0.3) is 0 Å². The molecule has 0 saturated heterocycles. The summed E-state index contributed by atoms with van der Waals surface area (Å²) >= 11 is 0. The van der Waals surface area contributed by atoms with Gasteiger partial charge in [-0.2, -0.15) is 0 Å². The minimum absolute atomic E-state index is 0.388. The lowest BCUT2D eigenvalue weighted by Crippen LogP contribution is -2.40. The van der Waals surface area contributed by atoms with E-state index in [1.54, 1.807) is 0 Å². The molecule has 0 aromatic carbocycles. The molecular weight excluding hydrogens is 174 g/mol. The maximum atomic E-state index is 11.8. The maximum Gasteiger partial charge on any atom is 0.225 e. The van der Waals surface area contributed by atoms with Crippen LogP contribution in [0.2, 0.25) is 0 Å². The molecular formula is C12H21NO. The smallest absolute Gasteiger partial charge is 0.225 e. The van der Waals surface area contributed by atoms with E-state index in [2.05, 4.69) is 6.92 Å². The molecule has 2 saturated carbocycles. The number of amides is 1. The van der Waals surface area contributed by atoms with Crippen molar-refractivity contribution in [1.82, 2.24) is 4.90 Å². The van der Waals surface area contributed by atoms with Gasteiger partial charge in [0, 0.05) is 19.0 Å². The van der Waals surface area contributed by atoms with Crippen molar-refractivity contribution in [3.8, 4) is 0 Å². The molecule has 0 heterocycles. The third-order valence-electron chi connectivity index (χ3n) is 3.81. The Morgan fingerprint density at radius 2 is 1.64 bits per heavy atom. The number of hydrogen-bond acceptors (Lipinski definition) is 1. The Balaban J connectivity index is 1.84. The fourth-order valence-electron chi connectivity index (χ4n) is 2.43. The van der Waals surface area contributed by atoms with Gasteiger partial charge >= 0.3 is 0 Å². The monoisotopic (exact) mass is 195 g/mol. The maximum absolute atomic E-state index is 11.8. The summed E-state index contributed by atoms with van der Waals surface area (Å²) in [7, 11) is 2.00. The van der Waals surface area contributed by atoms with Gasteiger partial charge < -0.3 is 4.90 Å². The Kier molecular flexibility index (Phi) is 2.80. The second-order valence-corrected chi connectivity index (χ2v) is 5.14. The highest BCUT2D eigenvalue weighted by Crippen LogP contribution is 2.33. The van der Waals surface area contributed by atoms with Crippen molar-refractivity contribution in [2.24, 2.45) is 11.8 Å². The molecule has 0 aliphatic heterocycles. The predicted octanol–water partition coefficient (Wildman–Crippen LogP) is 2.43. The Labute approximate surface area is 86.7 Å². The minimum Gasteiger partial charge on any atom is -0.343 e. The van der Waals surface area contributed by atoms with E-state index in [1.807, 2.05) is 11.9 Å². The van der Waals surface area contributed by atoms with E-state index in [-0.39, 0.29) is 0 Å². The lowest BCUT2D eigenvalue weighted by Gasteiger charge is -2.33. The number of rotatable bonds is 2. The molecule has 2 heteroatoms. The van der Waals surface area contributed by atoms with Crippen LogP contribution in [0.1, 0.15) is 45.4 Å². The first-order chi connectivity index (χ1) is 6.68. The molecule has 0 radical (unpaired) electrons. The molecule has 0 aromatic rings. The first-order valence-corrected chi connectivity index (χ1v) is 5.95. The van der Waals surface area contributed by atoms with Gasteiger partial charge in [-0.3, -0.25) is 4.79 Å². The predicted molar refractivity (Wildman–Crippen MR) is 56.9 cm³/mol. The van der Waals surface area contributed by atoms with Gasteiger partial charge in [-0.1, -0.05) is 6.92 Å². The van der Waals surface area contributed by atoms with Crippen LogP contribution in [0.25, 0.3) is 0 Å². The van der Waals surface area contributed by atoms with Crippen LogP contribution in [-0.2, 0) is 4.79 Å². The standard InChI is InChI=1S/C12H21NO/c1-9-3-7-11(8-4-9)13(2)12(14)10-5-6-10/h9-11H,3-8H2,1-2H3. The van der Waals surface area contributed by atoms with Crippen molar-refractivity contribution >= 4 is 5.91 Å². The van der Waals surface area contributed by atoms with Gasteiger partial charge in [0.1, 0.15) is 0 Å². The lowest BCUT2D eigenvalue weighted by atomic mass is 9.86. The summed E-state index contributed by atoms with van der Waals surface area (Å²) in [6, 6.07) is 0.541. The second-order valence-electron chi connectivity index (χ2n) is 5.14. The van der Waals surface area contributed by atoms with Crippen molar-refractivity contribution < 1.29 is 4.79 Å². The van der Waals surface area contributed by atoms with E-state index in [4.69, 9.17) is 0 Å². The van der Waals surface area contributed by atoms with Crippen LogP contribution in [0.4, 0.5) is 0 Å². The summed E-state index contributed by atoms with van der Waals surface area (Å²) in [6.45, 7) is 2.32. The molecule has 2 aliphatic rings. The molecule has 0 N–H and O–H groups in total. The summed E-state index contributed by atoms with van der Waals surface area (Å²) in [4.78, 5) is 13.8. The fourth-order valence-corrected chi connectivity index (χ4v) is 2.43. The molecule has 2 aliphatic carbocycles. The van der Waals surface area contributed by atoms with E-state index < -0.39 is 0 Å². The van der Waals surface area contributed by atoms with Crippen LogP contribution in [-0.4, -0.2) is 23.9 Å². The average Bonchev–Trinajstić information content (AvgIpc) is 3.00. The van der Waals surface area contributed by atoms with Gasteiger partial charge in [0.15, 0.2) is 0 Å². The first kappa shape index (κ1) is 10.0. The van der Waals surface area contributed by atoms with E-state index in [1.165, 1.54) is 25.7 Å². The molecule has 80 valence electrons. The largest absolute Gasteiger partial charge is 0.343 e. The van der Waals surface area contributed by atoms with E-state index >= 15 is 0 Å². The zero-order valence-electron chi connectivity index (χ0n) is 9.33. The molecule has 14 heavy (non-hydrogen) atoms. The second kappa shape index (κ2) is 3.92. The molecule has 0 atom stereocenters. The summed E-state index contributed by atoms with van der Waals surface area (Å²) in [5.41, 5.74) is 0. The molecule has 0 bridgehead atoms. The van der Waals surface area contributed by atoms with E-state index in [9.17, 15) is 4.79 Å². The van der Waals surface area contributed by atoms with Gasteiger partial charge in [-0.05, 0) is 44.4 Å². The van der Waals surface area contributed by atoms with Crippen molar-refractivity contribution in [3.05, 3.63) is 0 Å². The summed E-state index contributed by atoms with van der Waals surface area (Å²) in [6.07, 6.45) is 7.30. The third kappa shape index (κ3) is 2.10. The molecule has 2 rings (SSSR count). The SMILES string of the molecule is CC1CCC(N(C)C(=O)C2CC2)CC1. The first-order valence-electron chi connectivity index (χ1n) is 5.95. The van der Waals surface area contributed by atoms with Crippen molar-refractivity contribution in [2.45, 2.75) is 51.5 Å². The zero-order chi connectivity index (χ0) is 10.1. The zero-order valence-corrected chi connectivity index (χ0v) is 9.33.